The topological polar surface area (TPSA) is 52.7 Å². The largest absolute Gasteiger partial charge is 0.343 e. The van der Waals surface area contributed by atoms with Crippen LogP contribution in [0, 0.1) is 0 Å². The second-order valence-electron chi connectivity index (χ2n) is 5.80. The summed E-state index contributed by atoms with van der Waals surface area (Å²) in [5.74, 6) is 0.157. The molecule has 1 aromatic rings. The lowest BCUT2D eigenvalue weighted by Crippen LogP contribution is -2.59. The van der Waals surface area contributed by atoms with Crippen LogP contribution in [-0.2, 0) is 22.4 Å². The highest BCUT2D eigenvalue weighted by Gasteiger charge is 2.31. The third-order valence-corrected chi connectivity index (χ3v) is 4.41. The number of nitrogens with zero attached hydrogens (tertiary/aromatic N) is 2. The van der Waals surface area contributed by atoms with E-state index in [9.17, 15) is 9.59 Å². The molecule has 1 saturated heterocycles. The lowest BCUT2D eigenvalue weighted by atomic mass is 10.0. The molecular formula is C16H22ClN3O2. The molecule has 2 heterocycles. The molecule has 0 spiro atoms. The molecule has 2 amide bonds. The van der Waals surface area contributed by atoms with Gasteiger partial charge in [-0.3, -0.25) is 14.9 Å². The maximum Gasteiger partial charge on any atom is 0.241 e. The summed E-state index contributed by atoms with van der Waals surface area (Å²) < 4.78 is 0. The molecule has 0 aromatic heterocycles. The smallest absolute Gasteiger partial charge is 0.241 e. The molecule has 120 valence electrons. The zero-order valence-electron chi connectivity index (χ0n) is 12.7. The Morgan fingerprint density at radius 2 is 1.77 bits per heavy atom. The van der Waals surface area contributed by atoms with Crippen LogP contribution in [-0.4, -0.2) is 60.9 Å². The Bertz CT molecular complexity index is 537. The van der Waals surface area contributed by atoms with E-state index < -0.39 is 0 Å². The van der Waals surface area contributed by atoms with Crippen molar-refractivity contribution in [1.82, 2.24) is 15.1 Å². The van der Waals surface area contributed by atoms with E-state index in [-0.39, 0.29) is 36.8 Å². The fraction of sp³-hybridized carbons (Fsp3) is 0.500. The van der Waals surface area contributed by atoms with Gasteiger partial charge in [0.2, 0.25) is 11.8 Å². The number of hydrogen-bond donors (Lipinski definition) is 1. The zero-order valence-corrected chi connectivity index (χ0v) is 13.6. The summed E-state index contributed by atoms with van der Waals surface area (Å²) in [7, 11) is 1.75. The van der Waals surface area contributed by atoms with Crippen LogP contribution < -0.4 is 5.32 Å². The fourth-order valence-electron chi connectivity index (χ4n) is 3.06. The van der Waals surface area contributed by atoms with Crippen molar-refractivity contribution < 1.29 is 9.59 Å². The summed E-state index contributed by atoms with van der Waals surface area (Å²) in [5.41, 5.74) is 2.69. The number of rotatable bonds is 1. The van der Waals surface area contributed by atoms with E-state index in [1.54, 1.807) is 11.9 Å². The van der Waals surface area contributed by atoms with Crippen LogP contribution in [0.2, 0.25) is 0 Å². The van der Waals surface area contributed by atoms with Gasteiger partial charge in [0.05, 0.1) is 6.54 Å². The minimum atomic E-state index is -0.270. The van der Waals surface area contributed by atoms with E-state index in [0.717, 1.165) is 25.9 Å². The number of piperazine rings is 1. The molecule has 6 heteroatoms. The van der Waals surface area contributed by atoms with Crippen LogP contribution in [0.1, 0.15) is 11.1 Å². The predicted octanol–water partition coefficient (Wildman–Crippen LogP) is 0.466. The van der Waals surface area contributed by atoms with Gasteiger partial charge in [-0.15, -0.1) is 12.4 Å². The maximum absolute atomic E-state index is 12.6. The molecule has 1 fully saturated rings. The lowest BCUT2D eigenvalue weighted by Gasteiger charge is -2.33. The molecule has 2 aliphatic rings. The van der Waals surface area contributed by atoms with Gasteiger partial charge >= 0.3 is 0 Å². The first-order valence-electron chi connectivity index (χ1n) is 7.48. The number of amides is 2. The minimum absolute atomic E-state index is 0. The predicted molar refractivity (Wildman–Crippen MR) is 87.1 cm³/mol. The molecule has 2 aliphatic heterocycles. The Labute approximate surface area is 137 Å². The van der Waals surface area contributed by atoms with Gasteiger partial charge in [0.15, 0.2) is 0 Å². The molecular weight excluding hydrogens is 302 g/mol. The van der Waals surface area contributed by atoms with Gasteiger partial charge in [0.25, 0.3) is 0 Å². The van der Waals surface area contributed by atoms with Gasteiger partial charge < -0.3 is 9.80 Å². The van der Waals surface area contributed by atoms with Crippen LogP contribution in [0.15, 0.2) is 24.3 Å². The van der Waals surface area contributed by atoms with Crippen molar-refractivity contribution in [3.63, 3.8) is 0 Å². The summed E-state index contributed by atoms with van der Waals surface area (Å²) in [5, 5.41) is 3.06. The van der Waals surface area contributed by atoms with E-state index in [1.165, 1.54) is 11.1 Å². The van der Waals surface area contributed by atoms with Crippen LogP contribution in [0.5, 0.6) is 0 Å². The fourth-order valence-corrected chi connectivity index (χ4v) is 3.06. The Kier molecular flexibility index (Phi) is 5.42. The van der Waals surface area contributed by atoms with Crippen molar-refractivity contribution in [2.75, 3.05) is 33.2 Å². The molecule has 1 aromatic carbocycles. The number of carbonyl (C=O) groups excluding carboxylic acids is 2. The van der Waals surface area contributed by atoms with E-state index in [1.807, 2.05) is 4.90 Å². The van der Waals surface area contributed by atoms with Gasteiger partial charge in [0.1, 0.15) is 6.04 Å². The Morgan fingerprint density at radius 1 is 1.18 bits per heavy atom. The second-order valence-corrected chi connectivity index (χ2v) is 5.80. The first-order valence-corrected chi connectivity index (χ1v) is 7.48. The SMILES string of the molecule is CN1CC(C(=O)N2CCc3ccccc3CC2)NCC1=O.Cl. The van der Waals surface area contributed by atoms with Crippen LogP contribution in [0.4, 0.5) is 0 Å². The molecule has 5 nitrogen and oxygen atoms in total. The maximum atomic E-state index is 12.6. The number of likely N-dealkylation sites (N-methyl/N-ethyl adjacent to an activating group) is 1. The summed E-state index contributed by atoms with van der Waals surface area (Å²) in [6.07, 6.45) is 1.81. The zero-order chi connectivity index (χ0) is 14.8. The first kappa shape index (κ1) is 16.8. The normalized spacial score (nSPS) is 21.7. The van der Waals surface area contributed by atoms with E-state index in [4.69, 9.17) is 0 Å². The van der Waals surface area contributed by atoms with Crippen molar-refractivity contribution in [3.8, 4) is 0 Å². The highest BCUT2D eigenvalue weighted by molar-refractivity contribution is 5.87. The minimum Gasteiger partial charge on any atom is -0.343 e. The number of fused-ring (bicyclic) bond motifs is 1. The Balaban J connectivity index is 0.00000176. The van der Waals surface area contributed by atoms with Crippen molar-refractivity contribution in [1.29, 1.82) is 0 Å². The van der Waals surface area contributed by atoms with E-state index >= 15 is 0 Å². The molecule has 1 N–H and O–H groups in total. The summed E-state index contributed by atoms with van der Waals surface area (Å²) in [6.45, 7) is 2.22. The lowest BCUT2D eigenvalue weighted by molar-refractivity contribution is -0.139. The molecule has 22 heavy (non-hydrogen) atoms. The average Bonchev–Trinajstić information content (AvgIpc) is 2.72. The van der Waals surface area contributed by atoms with Gasteiger partial charge in [-0.05, 0) is 24.0 Å². The average molecular weight is 324 g/mol. The van der Waals surface area contributed by atoms with Crippen LogP contribution >= 0.6 is 12.4 Å². The third kappa shape index (κ3) is 3.42. The van der Waals surface area contributed by atoms with Crippen molar-refractivity contribution in [2.24, 2.45) is 0 Å². The standard InChI is InChI=1S/C16H21N3O2.ClH/c1-18-11-14(17-10-15(18)20)16(21)19-8-6-12-4-2-3-5-13(12)7-9-19;/h2-5,14,17H,6-11H2,1H3;1H. The van der Waals surface area contributed by atoms with Crippen molar-refractivity contribution in [3.05, 3.63) is 35.4 Å². The molecule has 1 atom stereocenters. The van der Waals surface area contributed by atoms with Gasteiger partial charge in [-0.25, -0.2) is 0 Å². The number of hydrogen-bond acceptors (Lipinski definition) is 3. The monoisotopic (exact) mass is 323 g/mol. The second kappa shape index (κ2) is 7.11. The highest BCUT2D eigenvalue weighted by Crippen LogP contribution is 2.16. The molecule has 1 unspecified atom stereocenters. The highest BCUT2D eigenvalue weighted by atomic mass is 35.5. The summed E-state index contributed by atoms with van der Waals surface area (Å²) >= 11 is 0. The number of benzene rings is 1. The third-order valence-electron chi connectivity index (χ3n) is 4.41. The Hall–Kier alpha value is -1.59. The number of halogens is 1. The summed E-state index contributed by atoms with van der Waals surface area (Å²) in [4.78, 5) is 27.7. The summed E-state index contributed by atoms with van der Waals surface area (Å²) in [6, 6.07) is 8.14. The van der Waals surface area contributed by atoms with Crippen molar-refractivity contribution in [2.45, 2.75) is 18.9 Å². The van der Waals surface area contributed by atoms with E-state index in [2.05, 4.69) is 29.6 Å². The molecule has 0 radical (unpaired) electrons. The van der Waals surface area contributed by atoms with Crippen LogP contribution in [0.25, 0.3) is 0 Å². The van der Waals surface area contributed by atoms with E-state index in [0.29, 0.717) is 6.54 Å². The van der Waals surface area contributed by atoms with Gasteiger partial charge in [0, 0.05) is 26.7 Å². The number of nitrogens with one attached hydrogen (secondary N) is 1. The van der Waals surface area contributed by atoms with Gasteiger partial charge in [-0.2, -0.15) is 0 Å². The first-order chi connectivity index (χ1) is 10.1. The molecule has 3 rings (SSSR count). The molecule has 0 bridgehead atoms. The van der Waals surface area contributed by atoms with Gasteiger partial charge in [-0.1, -0.05) is 24.3 Å². The quantitative estimate of drug-likeness (QED) is 0.817. The Morgan fingerprint density at radius 3 is 2.32 bits per heavy atom. The molecule has 0 aliphatic carbocycles. The number of carbonyl (C=O) groups is 2. The van der Waals surface area contributed by atoms with Crippen molar-refractivity contribution >= 4 is 24.2 Å². The van der Waals surface area contributed by atoms with Crippen LogP contribution in [0.3, 0.4) is 0 Å². The molecule has 0 saturated carbocycles.